The summed E-state index contributed by atoms with van der Waals surface area (Å²) in [6, 6.07) is 13.3. The van der Waals surface area contributed by atoms with E-state index in [-0.39, 0.29) is 18.3 Å². The molecule has 1 aromatic heterocycles. The smallest absolute Gasteiger partial charge is 0.253 e. The van der Waals surface area contributed by atoms with Crippen LogP contribution in [0.15, 0.2) is 42.5 Å². The van der Waals surface area contributed by atoms with Crippen LogP contribution in [0.4, 0.5) is 5.82 Å². The quantitative estimate of drug-likeness (QED) is 0.867. The van der Waals surface area contributed by atoms with Crippen LogP contribution in [0.1, 0.15) is 22.8 Å². The summed E-state index contributed by atoms with van der Waals surface area (Å²) in [6.07, 6.45) is 0. The number of pyridine rings is 1. The van der Waals surface area contributed by atoms with Gasteiger partial charge in [-0.15, -0.1) is 12.4 Å². The molecule has 2 heterocycles. The molecule has 0 radical (unpaired) electrons. The lowest BCUT2D eigenvalue weighted by Crippen LogP contribution is -2.49. The van der Waals surface area contributed by atoms with Crippen molar-refractivity contribution < 1.29 is 9.53 Å². The van der Waals surface area contributed by atoms with Gasteiger partial charge in [-0.2, -0.15) is 4.98 Å². The van der Waals surface area contributed by atoms with Crippen LogP contribution in [0.2, 0.25) is 0 Å². The molecule has 1 aliphatic heterocycles. The molecule has 0 bridgehead atoms. The van der Waals surface area contributed by atoms with E-state index in [1.807, 2.05) is 54.3 Å². The third-order valence-electron chi connectivity index (χ3n) is 4.33. The molecule has 3 rings (SSSR count). The van der Waals surface area contributed by atoms with E-state index in [1.54, 1.807) is 0 Å². The zero-order chi connectivity index (χ0) is 17.6. The fourth-order valence-corrected chi connectivity index (χ4v) is 2.91. The molecule has 7 heteroatoms. The molecule has 1 saturated heterocycles. The summed E-state index contributed by atoms with van der Waals surface area (Å²) in [4.78, 5) is 21.2. The average molecular weight is 377 g/mol. The van der Waals surface area contributed by atoms with E-state index in [0.29, 0.717) is 37.7 Å². The third kappa shape index (κ3) is 4.65. The van der Waals surface area contributed by atoms with Gasteiger partial charge < -0.3 is 20.3 Å². The number of carbonyl (C=O) groups excluding carboxylic acids is 1. The van der Waals surface area contributed by atoms with Crippen molar-refractivity contribution >= 4 is 24.1 Å². The van der Waals surface area contributed by atoms with E-state index < -0.39 is 0 Å². The Balaban J connectivity index is 0.00000243. The van der Waals surface area contributed by atoms with Gasteiger partial charge in [-0.05, 0) is 30.7 Å². The van der Waals surface area contributed by atoms with Crippen LogP contribution in [0.5, 0.6) is 5.88 Å². The van der Waals surface area contributed by atoms with Gasteiger partial charge in [0.2, 0.25) is 5.88 Å². The Morgan fingerprint density at radius 3 is 2.42 bits per heavy atom. The number of amides is 1. The number of hydrogen-bond donors (Lipinski definition) is 1. The minimum absolute atomic E-state index is 0. The minimum atomic E-state index is 0. The van der Waals surface area contributed by atoms with Crippen molar-refractivity contribution in [3.05, 3.63) is 53.6 Å². The molecular formula is C19H25ClN4O2. The molecule has 26 heavy (non-hydrogen) atoms. The molecular weight excluding hydrogens is 352 g/mol. The third-order valence-corrected chi connectivity index (χ3v) is 4.33. The van der Waals surface area contributed by atoms with E-state index >= 15 is 0 Å². The Kier molecular flexibility index (Phi) is 7.24. The van der Waals surface area contributed by atoms with Crippen molar-refractivity contribution in [2.45, 2.75) is 13.5 Å². The largest absolute Gasteiger partial charge is 0.478 e. The van der Waals surface area contributed by atoms with Crippen LogP contribution in [-0.4, -0.2) is 48.6 Å². The van der Waals surface area contributed by atoms with Gasteiger partial charge in [0.05, 0.1) is 6.61 Å². The van der Waals surface area contributed by atoms with Crippen molar-refractivity contribution in [1.29, 1.82) is 0 Å². The van der Waals surface area contributed by atoms with Crippen LogP contribution in [0.25, 0.3) is 0 Å². The number of benzene rings is 1. The van der Waals surface area contributed by atoms with Gasteiger partial charge in [-0.1, -0.05) is 18.2 Å². The predicted octanol–water partition coefficient (Wildman–Crippen LogP) is 2.32. The van der Waals surface area contributed by atoms with Crippen LogP contribution in [-0.2, 0) is 6.54 Å². The first-order valence-corrected chi connectivity index (χ1v) is 8.64. The average Bonchev–Trinajstić information content (AvgIpc) is 2.68. The number of rotatable bonds is 5. The van der Waals surface area contributed by atoms with Gasteiger partial charge in [0.25, 0.3) is 5.91 Å². The Hall–Kier alpha value is -2.31. The highest BCUT2D eigenvalue weighted by atomic mass is 35.5. The van der Waals surface area contributed by atoms with Gasteiger partial charge in [0, 0.05) is 44.4 Å². The lowest BCUT2D eigenvalue weighted by Gasteiger charge is -2.35. The number of hydrogen-bond acceptors (Lipinski definition) is 5. The molecule has 1 amide bonds. The lowest BCUT2D eigenvalue weighted by atomic mass is 10.1. The van der Waals surface area contributed by atoms with Gasteiger partial charge in [0.15, 0.2) is 0 Å². The van der Waals surface area contributed by atoms with Crippen LogP contribution >= 0.6 is 12.4 Å². The summed E-state index contributed by atoms with van der Waals surface area (Å²) < 4.78 is 5.46. The summed E-state index contributed by atoms with van der Waals surface area (Å²) in [6.45, 7) is 5.90. The monoisotopic (exact) mass is 376 g/mol. The zero-order valence-corrected chi connectivity index (χ0v) is 15.7. The van der Waals surface area contributed by atoms with Crippen LogP contribution in [0.3, 0.4) is 0 Å². The van der Waals surface area contributed by atoms with E-state index in [2.05, 4.69) is 9.88 Å². The minimum Gasteiger partial charge on any atom is -0.478 e. The van der Waals surface area contributed by atoms with Crippen molar-refractivity contribution in [1.82, 2.24) is 9.88 Å². The summed E-state index contributed by atoms with van der Waals surface area (Å²) in [5.41, 5.74) is 7.34. The molecule has 0 unspecified atom stereocenters. The molecule has 0 atom stereocenters. The maximum Gasteiger partial charge on any atom is 0.253 e. The summed E-state index contributed by atoms with van der Waals surface area (Å²) in [5, 5.41) is 0. The normalized spacial score (nSPS) is 13.9. The molecule has 140 valence electrons. The predicted molar refractivity (Wildman–Crippen MR) is 105 cm³/mol. The first-order valence-electron chi connectivity index (χ1n) is 8.64. The number of nitrogens with two attached hydrogens (primary N) is 1. The van der Waals surface area contributed by atoms with Crippen molar-refractivity contribution in [2.24, 2.45) is 5.73 Å². The van der Waals surface area contributed by atoms with Crippen LogP contribution in [0, 0.1) is 0 Å². The summed E-state index contributed by atoms with van der Waals surface area (Å²) >= 11 is 0. The van der Waals surface area contributed by atoms with Crippen molar-refractivity contribution in [3.63, 3.8) is 0 Å². The maximum atomic E-state index is 12.6. The Labute approximate surface area is 160 Å². The van der Waals surface area contributed by atoms with E-state index in [1.165, 1.54) is 0 Å². The summed E-state index contributed by atoms with van der Waals surface area (Å²) in [5.74, 6) is 1.60. The highest BCUT2D eigenvalue weighted by Crippen LogP contribution is 2.18. The zero-order valence-electron chi connectivity index (χ0n) is 14.9. The number of halogens is 1. The van der Waals surface area contributed by atoms with Gasteiger partial charge in [-0.3, -0.25) is 4.79 Å². The molecule has 6 nitrogen and oxygen atoms in total. The SMILES string of the molecule is CCOc1cccc(N2CCN(C(=O)c3ccc(CN)cc3)CC2)n1.Cl. The topological polar surface area (TPSA) is 71.7 Å². The van der Waals surface area contributed by atoms with E-state index in [0.717, 1.165) is 24.5 Å². The first kappa shape index (κ1) is 20.0. The van der Waals surface area contributed by atoms with Gasteiger partial charge in [-0.25, -0.2) is 0 Å². The lowest BCUT2D eigenvalue weighted by molar-refractivity contribution is 0.0746. The van der Waals surface area contributed by atoms with Crippen LogP contribution < -0.4 is 15.4 Å². The second-order valence-corrected chi connectivity index (χ2v) is 5.95. The number of anilines is 1. The van der Waals surface area contributed by atoms with Gasteiger partial charge >= 0.3 is 0 Å². The first-order chi connectivity index (χ1) is 12.2. The fourth-order valence-electron chi connectivity index (χ4n) is 2.91. The molecule has 1 aromatic carbocycles. The number of carbonyl (C=O) groups is 1. The van der Waals surface area contributed by atoms with E-state index in [4.69, 9.17) is 10.5 Å². The maximum absolute atomic E-state index is 12.6. The molecule has 2 N–H and O–H groups in total. The molecule has 0 spiro atoms. The second kappa shape index (κ2) is 9.40. The Bertz CT molecular complexity index is 716. The molecule has 1 fully saturated rings. The van der Waals surface area contributed by atoms with E-state index in [9.17, 15) is 4.79 Å². The van der Waals surface area contributed by atoms with Gasteiger partial charge in [0.1, 0.15) is 5.82 Å². The summed E-state index contributed by atoms with van der Waals surface area (Å²) in [7, 11) is 0. The highest BCUT2D eigenvalue weighted by Gasteiger charge is 2.23. The Morgan fingerprint density at radius 1 is 1.12 bits per heavy atom. The number of ether oxygens (including phenoxy) is 1. The van der Waals surface area contributed by atoms with Crippen molar-refractivity contribution in [2.75, 3.05) is 37.7 Å². The number of nitrogens with zero attached hydrogens (tertiary/aromatic N) is 3. The number of piperazine rings is 1. The highest BCUT2D eigenvalue weighted by molar-refractivity contribution is 5.94. The molecule has 0 saturated carbocycles. The molecule has 1 aliphatic rings. The molecule has 0 aliphatic carbocycles. The molecule has 2 aromatic rings. The standard InChI is InChI=1S/C19H24N4O2.ClH/c1-2-25-18-5-3-4-17(21-18)22-10-12-23(13-11-22)19(24)16-8-6-15(14-20)7-9-16;/h3-9H,2,10-14,20H2,1H3;1H. The Morgan fingerprint density at radius 2 is 1.81 bits per heavy atom. The number of aromatic nitrogens is 1. The second-order valence-electron chi connectivity index (χ2n) is 5.95. The van der Waals surface area contributed by atoms with Crippen molar-refractivity contribution in [3.8, 4) is 5.88 Å². The fraction of sp³-hybridized carbons (Fsp3) is 0.368.